The summed E-state index contributed by atoms with van der Waals surface area (Å²) < 4.78 is 10.5. The first kappa shape index (κ1) is 20.7. The third-order valence-electron chi connectivity index (χ3n) is 4.29. The van der Waals surface area contributed by atoms with Crippen LogP contribution < -0.4 is 9.67 Å². The van der Waals surface area contributed by atoms with E-state index in [9.17, 15) is 29.3 Å². The number of carbonyl (C=O) groups excluding carboxylic acids is 1. The van der Waals surface area contributed by atoms with Crippen LogP contribution in [-0.4, -0.2) is 81.3 Å². The third kappa shape index (κ3) is 5.44. The second-order valence-corrected chi connectivity index (χ2v) is 10.6. The Morgan fingerprint density at radius 2 is 1.84 bits per heavy atom. The van der Waals surface area contributed by atoms with Crippen LogP contribution in [-0.2, 0) is 4.79 Å². The molecule has 1 aliphatic rings. The van der Waals surface area contributed by atoms with Gasteiger partial charge in [-0.1, -0.05) is 0 Å². The Morgan fingerprint density at radius 1 is 1.20 bits per heavy atom. The van der Waals surface area contributed by atoms with Gasteiger partial charge in [-0.2, -0.15) is 0 Å². The van der Waals surface area contributed by atoms with E-state index in [2.05, 4.69) is 5.32 Å². The van der Waals surface area contributed by atoms with Gasteiger partial charge in [-0.15, -0.1) is 0 Å². The number of anilines is 1. The summed E-state index contributed by atoms with van der Waals surface area (Å²) in [7, 11) is 0. The van der Waals surface area contributed by atoms with Gasteiger partial charge in [0.15, 0.2) is 0 Å². The van der Waals surface area contributed by atoms with Crippen molar-refractivity contribution < 1.29 is 29.3 Å². The Hall–Kier alpha value is -0.602. The van der Waals surface area contributed by atoms with Gasteiger partial charge in [0, 0.05) is 0 Å². The van der Waals surface area contributed by atoms with Gasteiger partial charge in [0.25, 0.3) is 0 Å². The predicted octanol–water partition coefficient (Wildman–Crippen LogP) is -1.36. The second kappa shape index (κ2) is 9.37. The molecule has 0 saturated heterocycles. The van der Waals surface area contributed by atoms with E-state index < -0.39 is 44.5 Å². The van der Waals surface area contributed by atoms with Crippen LogP contribution in [0.25, 0.3) is 0 Å². The van der Waals surface area contributed by atoms with Crippen molar-refractivity contribution in [3.63, 3.8) is 0 Å². The molecule has 6 atom stereocenters. The van der Waals surface area contributed by atoms with Crippen molar-refractivity contribution in [2.24, 2.45) is 5.92 Å². The van der Waals surface area contributed by atoms with E-state index in [-0.39, 0.29) is 18.3 Å². The van der Waals surface area contributed by atoms with Crippen molar-refractivity contribution in [2.45, 2.75) is 35.7 Å². The van der Waals surface area contributed by atoms with Crippen molar-refractivity contribution >= 4 is 42.7 Å². The molecule has 0 radical (unpaired) electrons. The molecule has 25 heavy (non-hydrogen) atoms. The fraction of sp³-hybridized carbons (Fsp3) is 0.562. The van der Waals surface area contributed by atoms with Gasteiger partial charge in [-0.25, -0.2) is 0 Å². The van der Waals surface area contributed by atoms with Crippen molar-refractivity contribution in [3.8, 4) is 0 Å². The van der Waals surface area contributed by atoms with Crippen LogP contribution in [0, 0.1) is 5.92 Å². The van der Waals surface area contributed by atoms with Crippen molar-refractivity contribution in [1.82, 2.24) is 0 Å². The number of rotatable bonds is 6. The molecule has 2 rings (SSSR count). The Bertz CT molecular complexity index is 570. The van der Waals surface area contributed by atoms with Gasteiger partial charge in [-0.3, -0.25) is 0 Å². The van der Waals surface area contributed by atoms with Crippen LogP contribution in [0.4, 0.5) is 5.69 Å². The summed E-state index contributed by atoms with van der Waals surface area (Å²) in [5.74, 6) is -0.687. The number of hydrogen-bond donors (Lipinski definition) is 6. The topological polar surface area (TPSA) is 130 Å². The molecule has 0 aliphatic heterocycles. The molecule has 1 aromatic rings. The predicted molar refractivity (Wildman–Crippen MR) is 98.0 cm³/mol. The molecule has 0 heterocycles. The summed E-state index contributed by atoms with van der Waals surface area (Å²) in [6.45, 7) is -0.284. The molecule has 1 fully saturated rings. The fourth-order valence-electron chi connectivity index (χ4n) is 2.77. The second-order valence-electron chi connectivity index (χ2n) is 6.12. The Morgan fingerprint density at radius 3 is 2.40 bits per heavy atom. The van der Waals surface area contributed by atoms with E-state index in [1.54, 1.807) is 30.0 Å². The molecule has 1 saturated carbocycles. The molecule has 1 aromatic carbocycles. The molecule has 9 heteroatoms. The maximum atomic E-state index is 12.1. The first-order chi connectivity index (χ1) is 11.8. The molecular weight excluding hydrogens is 409 g/mol. The molecule has 0 spiro atoms. The quantitative estimate of drug-likeness (QED) is 0.306. The minimum atomic E-state index is -1.92. The standard InChI is InChI=1S/C16H24AsNO6S/c1-17(24)10-2-4-11(5-3-10)18-13(20)8-25-12-6-9(7-19)14(21)16(23)15(12)22/h2-5,9,12,14-16,19,21-24H,6-8H2,1H3,(H,18,20). The number of thioether (sulfide) groups is 1. The van der Waals surface area contributed by atoms with E-state index in [1.165, 1.54) is 11.8 Å². The molecule has 7 nitrogen and oxygen atoms in total. The summed E-state index contributed by atoms with van der Waals surface area (Å²) in [6.07, 6.45) is -3.32. The summed E-state index contributed by atoms with van der Waals surface area (Å²) in [4.78, 5) is 12.1. The number of carbonyl (C=O) groups is 1. The van der Waals surface area contributed by atoms with Crippen LogP contribution in [0.15, 0.2) is 24.3 Å². The third-order valence-corrected chi connectivity index (χ3v) is 7.81. The molecule has 1 aliphatic carbocycles. The molecule has 1 amide bonds. The summed E-state index contributed by atoms with van der Waals surface area (Å²) in [5.41, 5.74) is 2.43. The van der Waals surface area contributed by atoms with Crippen molar-refractivity contribution in [3.05, 3.63) is 24.3 Å². The van der Waals surface area contributed by atoms with E-state index in [4.69, 9.17) is 0 Å². The number of aliphatic hydroxyl groups excluding tert-OH is 4. The number of amides is 1. The summed E-state index contributed by atoms with van der Waals surface area (Å²) >= 11 is -0.730. The monoisotopic (exact) mass is 433 g/mol. The van der Waals surface area contributed by atoms with Crippen LogP contribution in [0.1, 0.15) is 6.42 Å². The maximum absolute atomic E-state index is 12.1. The first-order valence-electron chi connectivity index (χ1n) is 7.92. The van der Waals surface area contributed by atoms with Crippen LogP contribution in [0.5, 0.6) is 0 Å². The Balaban J connectivity index is 1.86. The van der Waals surface area contributed by atoms with E-state index in [0.717, 1.165) is 4.35 Å². The fourth-order valence-corrected chi connectivity index (χ4v) is 5.16. The van der Waals surface area contributed by atoms with E-state index in [0.29, 0.717) is 12.1 Å². The first-order valence-corrected chi connectivity index (χ1v) is 12.6. The van der Waals surface area contributed by atoms with Gasteiger partial charge in [-0.05, 0) is 0 Å². The Kier molecular flexibility index (Phi) is 7.76. The number of aliphatic hydroxyl groups is 4. The van der Waals surface area contributed by atoms with E-state index >= 15 is 0 Å². The summed E-state index contributed by atoms with van der Waals surface area (Å²) in [5, 5.41) is 41.2. The zero-order chi connectivity index (χ0) is 18.6. The van der Waals surface area contributed by atoms with Crippen molar-refractivity contribution in [2.75, 3.05) is 17.7 Å². The van der Waals surface area contributed by atoms with Gasteiger partial charge in [0.05, 0.1) is 0 Å². The Labute approximate surface area is 155 Å². The van der Waals surface area contributed by atoms with Crippen LogP contribution >= 0.6 is 11.8 Å². The average molecular weight is 433 g/mol. The van der Waals surface area contributed by atoms with E-state index in [1.807, 2.05) is 0 Å². The number of hydrogen-bond acceptors (Lipinski definition) is 7. The van der Waals surface area contributed by atoms with Crippen molar-refractivity contribution in [1.29, 1.82) is 0 Å². The van der Waals surface area contributed by atoms with Gasteiger partial charge in [0.1, 0.15) is 0 Å². The number of nitrogens with one attached hydrogen (secondary N) is 1. The zero-order valence-corrected chi connectivity index (χ0v) is 16.5. The minimum absolute atomic E-state index is 0.0794. The van der Waals surface area contributed by atoms with Gasteiger partial charge >= 0.3 is 145 Å². The van der Waals surface area contributed by atoms with Crippen LogP contribution in [0.2, 0.25) is 5.71 Å². The van der Waals surface area contributed by atoms with Crippen LogP contribution in [0.3, 0.4) is 0 Å². The average Bonchev–Trinajstić information content (AvgIpc) is 2.59. The number of benzene rings is 1. The van der Waals surface area contributed by atoms with Gasteiger partial charge in [0.2, 0.25) is 0 Å². The molecule has 6 unspecified atom stereocenters. The zero-order valence-electron chi connectivity index (χ0n) is 13.8. The summed E-state index contributed by atoms with van der Waals surface area (Å²) in [6, 6.07) is 7.04. The normalized spacial score (nSPS) is 30.7. The van der Waals surface area contributed by atoms with Gasteiger partial charge < -0.3 is 10.2 Å². The molecule has 0 aromatic heterocycles. The molecule has 6 N–H and O–H groups in total. The molecule has 140 valence electrons. The SMILES string of the molecule is C[As](O)c1ccc(NC(=O)CSC2CC(CO)C(O)C(O)C2O)cc1. The molecular formula is C16H24AsNO6S. The molecule has 0 bridgehead atoms.